The summed E-state index contributed by atoms with van der Waals surface area (Å²) in [6.07, 6.45) is 3.73. The van der Waals surface area contributed by atoms with E-state index in [1.54, 1.807) is 0 Å². The van der Waals surface area contributed by atoms with Crippen molar-refractivity contribution in [3.8, 4) is 17.3 Å². The van der Waals surface area contributed by atoms with Gasteiger partial charge in [-0.15, -0.1) is 0 Å². The van der Waals surface area contributed by atoms with Gasteiger partial charge in [-0.1, -0.05) is 30.3 Å². The van der Waals surface area contributed by atoms with Gasteiger partial charge in [-0.3, -0.25) is 4.98 Å². The first-order chi connectivity index (χ1) is 19.0. The van der Waals surface area contributed by atoms with Gasteiger partial charge < -0.3 is 19.5 Å². The summed E-state index contributed by atoms with van der Waals surface area (Å²) in [6, 6.07) is 30.0. The summed E-state index contributed by atoms with van der Waals surface area (Å²) in [5.41, 5.74) is 6.46. The number of rotatable bonds is 6. The molecule has 194 valence electrons. The SMILES string of the molecule is Cc1ccc(-n2c(C)cc([C@H]3[C@H](c4ccccn4)NC(=S)N3c3ccc(Oc4ccccc4)cc3)c2C)nc1. The fraction of sp³-hybridized carbons (Fsp3) is 0.156. The Bertz CT molecular complexity index is 1600. The molecule has 4 heterocycles. The van der Waals surface area contributed by atoms with E-state index >= 15 is 0 Å². The van der Waals surface area contributed by atoms with Crippen molar-refractivity contribution in [1.29, 1.82) is 0 Å². The van der Waals surface area contributed by atoms with Crippen molar-refractivity contribution in [1.82, 2.24) is 19.9 Å². The van der Waals surface area contributed by atoms with Gasteiger partial charge in [0.15, 0.2) is 5.11 Å². The Hall–Kier alpha value is -4.49. The van der Waals surface area contributed by atoms with Crippen LogP contribution >= 0.6 is 12.2 Å². The second-order valence-electron chi connectivity index (χ2n) is 9.76. The molecule has 1 fully saturated rings. The Balaban J connectivity index is 1.41. The maximum absolute atomic E-state index is 6.03. The summed E-state index contributed by atoms with van der Waals surface area (Å²) >= 11 is 5.94. The van der Waals surface area contributed by atoms with E-state index in [-0.39, 0.29) is 12.1 Å². The smallest absolute Gasteiger partial charge is 0.174 e. The lowest BCUT2D eigenvalue weighted by atomic mass is 9.96. The number of hydrogen-bond acceptors (Lipinski definition) is 4. The van der Waals surface area contributed by atoms with Crippen LogP contribution in [0, 0.1) is 20.8 Å². The molecule has 0 amide bonds. The highest BCUT2D eigenvalue weighted by molar-refractivity contribution is 7.80. The largest absolute Gasteiger partial charge is 0.457 e. The number of benzene rings is 2. The Kier molecular flexibility index (Phi) is 6.59. The monoisotopic (exact) mass is 531 g/mol. The third kappa shape index (κ3) is 4.77. The Morgan fingerprint density at radius 2 is 1.56 bits per heavy atom. The molecule has 3 aromatic heterocycles. The molecule has 5 aromatic rings. The van der Waals surface area contributed by atoms with E-state index in [1.165, 1.54) is 5.56 Å². The number of para-hydroxylation sites is 1. The zero-order chi connectivity index (χ0) is 26.9. The summed E-state index contributed by atoms with van der Waals surface area (Å²) in [7, 11) is 0. The molecule has 39 heavy (non-hydrogen) atoms. The molecule has 2 atom stereocenters. The Morgan fingerprint density at radius 3 is 2.26 bits per heavy atom. The fourth-order valence-electron chi connectivity index (χ4n) is 5.28. The molecule has 0 unspecified atom stereocenters. The molecule has 0 bridgehead atoms. The highest BCUT2D eigenvalue weighted by Crippen LogP contribution is 2.44. The van der Waals surface area contributed by atoms with Crippen LogP contribution in [0.3, 0.4) is 0 Å². The van der Waals surface area contributed by atoms with Gasteiger partial charge in [-0.25, -0.2) is 4.98 Å². The number of nitrogens with one attached hydrogen (secondary N) is 1. The molecule has 0 radical (unpaired) electrons. The van der Waals surface area contributed by atoms with Crippen molar-refractivity contribution in [3.63, 3.8) is 0 Å². The lowest BCUT2D eigenvalue weighted by Gasteiger charge is -2.28. The zero-order valence-electron chi connectivity index (χ0n) is 22.1. The van der Waals surface area contributed by atoms with Crippen molar-refractivity contribution >= 4 is 23.0 Å². The highest BCUT2D eigenvalue weighted by Gasteiger charge is 2.42. The molecule has 6 nitrogen and oxygen atoms in total. The third-order valence-electron chi connectivity index (χ3n) is 7.11. The minimum Gasteiger partial charge on any atom is -0.457 e. The van der Waals surface area contributed by atoms with E-state index in [9.17, 15) is 0 Å². The predicted molar refractivity (Wildman–Crippen MR) is 159 cm³/mol. The number of ether oxygens (including phenoxy) is 1. The molecule has 0 spiro atoms. The molecule has 1 N–H and O–H groups in total. The van der Waals surface area contributed by atoms with E-state index < -0.39 is 0 Å². The summed E-state index contributed by atoms with van der Waals surface area (Å²) in [6.45, 7) is 6.32. The summed E-state index contributed by atoms with van der Waals surface area (Å²) in [4.78, 5) is 11.6. The van der Waals surface area contributed by atoms with E-state index in [1.807, 2.05) is 80.0 Å². The van der Waals surface area contributed by atoms with Crippen molar-refractivity contribution in [2.75, 3.05) is 4.90 Å². The van der Waals surface area contributed by atoms with Crippen molar-refractivity contribution in [2.24, 2.45) is 0 Å². The molecule has 0 aliphatic carbocycles. The topological polar surface area (TPSA) is 55.2 Å². The Labute approximate surface area is 233 Å². The number of hydrogen-bond donors (Lipinski definition) is 1. The second-order valence-corrected chi connectivity index (χ2v) is 10.1. The highest BCUT2D eigenvalue weighted by atomic mass is 32.1. The molecule has 0 saturated carbocycles. The van der Waals surface area contributed by atoms with Crippen molar-refractivity contribution in [2.45, 2.75) is 32.9 Å². The number of nitrogens with zero attached hydrogens (tertiary/aromatic N) is 4. The normalized spacial score (nSPS) is 16.8. The number of pyridine rings is 2. The van der Waals surface area contributed by atoms with Gasteiger partial charge in [0.05, 0.1) is 17.8 Å². The molecule has 6 rings (SSSR count). The first-order valence-corrected chi connectivity index (χ1v) is 13.4. The van der Waals surface area contributed by atoms with Crippen LogP contribution in [-0.4, -0.2) is 19.6 Å². The van der Waals surface area contributed by atoms with E-state index in [4.69, 9.17) is 26.9 Å². The molecular weight excluding hydrogens is 502 g/mol. The van der Waals surface area contributed by atoms with Gasteiger partial charge in [0.25, 0.3) is 0 Å². The number of thiocarbonyl (C=S) groups is 1. The number of anilines is 1. The lowest BCUT2D eigenvalue weighted by Crippen LogP contribution is -2.29. The molecular formula is C32H29N5OS. The molecule has 1 saturated heterocycles. The van der Waals surface area contributed by atoms with Crippen LogP contribution in [0.25, 0.3) is 5.82 Å². The quantitative estimate of drug-likeness (QED) is 0.235. The average Bonchev–Trinajstić information content (AvgIpc) is 3.45. The van der Waals surface area contributed by atoms with Gasteiger partial charge in [-0.05, 0) is 105 Å². The van der Waals surface area contributed by atoms with Gasteiger partial charge in [0, 0.05) is 29.5 Å². The molecule has 2 aromatic carbocycles. The number of aryl methyl sites for hydroxylation is 2. The van der Waals surface area contributed by atoms with Gasteiger partial charge in [0.2, 0.25) is 0 Å². The molecule has 7 heteroatoms. The van der Waals surface area contributed by atoms with Crippen LogP contribution in [0.5, 0.6) is 11.5 Å². The van der Waals surface area contributed by atoms with Crippen LogP contribution in [0.2, 0.25) is 0 Å². The van der Waals surface area contributed by atoms with E-state index in [2.05, 4.69) is 59.0 Å². The van der Waals surface area contributed by atoms with Gasteiger partial charge >= 0.3 is 0 Å². The van der Waals surface area contributed by atoms with E-state index in [0.717, 1.165) is 45.6 Å². The van der Waals surface area contributed by atoms with Gasteiger partial charge in [-0.2, -0.15) is 0 Å². The molecule has 1 aliphatic heterocycles. The predicted octanol–water partition coefficient (Wildman–Crippen LogP) is 7.16. The maximum atomic E-state index is 6.03. The minimum absolute atomic E-state index is 0.112. The summed E-state index contributed by atoms with van der Waals surface area (Å²) in [5, 5.41) is 4.22. The molecule has 1 aliphatic rings. The van der Waals surface area contributed by atoms with Crippen LogP contribution in [0.4, 0.5) is 5.69 Å². The maximum Gasteiger partial charge on any atom is 0.174 e. The van der Waals surface area contributed by atoms with Crippen molar-refractivity contribution < 1.29 is 4.74 Å². The standard InChI is InChI=1S/C32H29N5OS/c1-21-12-17-29(34-20-21)36-22(2)19-27(23(36)3)31-30(28-11-7-8-18-33-28)35-32(39)37(31)24-13-15-26(16-14-24)38-25-9-5-4-6-10-25/h4-20,30-31H,1-3H3,(H,35,39)/t30-,31-/m0/s1. The van der Waals surface area contributed by atoms with Crippen LogP contribution in [0.1, 0.15) is 40.3 Å². The second kappa shape index (κ2) is 10.3. The van der Waals surface area contributed by atoms with Crippen LogP contribution in [0.15, 0.2) is 103 Å². The minimum atomic E-state index is -0.126. The van der Waals surface area contributed by atoms with Crippen LogP contribution in [-0.2, 0) is 0 Å². The van der Waals surface area contributed by atoms with Crippen LogP contribution < -0.4 is 15.0 Å². The van der Waals surface area contributed by atoms with Crippen molar-refractivity contribution in [3.05, 3.63) is 132 Å². The summed E-state index contributed by atoms with van der Waals surface area (Å²) < 4.78 is 8.24. The first kappa shape index (κ1) is 24.8. The summed E-state index contributed by atoms with van der Waals surface area (Å²) in [5.74, 6) is 2.47. The average molecular weight is 532 g/mol. The Morgan fingerprint density at radius 1 is 0.821 bits per heavy atom. The first-order valence-electron chi connectivity index (χ1n) is 12.9. The fourth-order valence-corrected chi connectivity index (χ4v) is 5.63. The lowest BCUT2D eigenvalue weighted by molar-refractivity contribution is 0.482. The number of aromatic nitrogens is 3. The zero-order valence-corrected chi connectivity index (χ0v) is 22.9. The third-order valence-corrected chi connectivity index (χ3v) is 7.42. The van der Waals surface area contributed by atoms with E-state index in [0.29, 0.717) is 5.11 Å². The van der Waals surface area contributed by atoms with Gasteiger partial charge in [0.1, 0.15) is 17.3 Å².